The van der Waals surface area contributed by atoms with Crippen LogP contribution in [0, 0.1) is 0 Å². The lowest BCUT2D eigenvalue weighted by Gasteiger charge is -1.99. The number of alkyl halides is 1. The van der Waals surface area contributed by atoms with Crippen LogP contribution in [0.4, 0.5) is 0 Å². The predicted octanol–water partition coefficient (Wildman–Crippen LogP) is 2.34. The highest BCUT2D eigenvalue weighted by Crippen LogP contribution is 2.23. The molecule has 0 aromatic rings. The second kappa shape index (κ2) is 3.62. The molecule has 0 radical (unpaired) electrons. The van der Waals surface area contributed by atoms with Crippen molar-refractivity contribution in [3.05, 3.63) is 36.3 Å². The van der Waals surface area contributed by atoms with E-state index in [0.717, 1.165) is 5.57 Å². The van der Waals surface area contributed by atoms with E-state index in [1.165, 1.54) is 0 Å². The van der Waals surface area contributed by atoms with Crippen molar-refractivity contribution in [2.24, 2.45) is 0 Å². The summed E-state index contributed by atoms with van der Waals surface area (Å²) in [6.45, 7) is 7.59. The Balaban J connectivity index is 2.90. The Kier molecular flexibility index (Phi) is 2.76. The van der Waals surface area contributed by atoms with Gasteiger partial charge in [0.1, 0.15) is 0 Å². The lowest BCUT2D eigenvalue weighted by atomic mass is 10.2. The molecule has 0 bridgehead atoms. The lowest BCUT2D eigenvalue weighted by molar-refractivity contribution is 0.0975. The molecule has 0 aromatic heterocycles. The Morgan fingerprint density at radius 2 is 2.36 bits per heavy atom. The lowest BCUT2D eigenvalue weighted by Crippen LogP contribution is -1.89. The average Bonchev–Trinajstić information content (AvgIpc) is 2.40. The Morgan fingerprint density at radius 3 is 2.73 bits per heavy atom. The van der Waals surface area contributed by atoms with Crippen LogP contribution in [0.15, 0.2) is 36.3 Å². The van der Waals surface area contributed by atoms with Gasteiger partial charge < -0.3 is 9.47 Å². The maximum atomic E-state index is 5.17. The summed E-state index contributed by atoms with van der Waals surface area (Å²) >= 11 is 3.31. The first-order chi connectivity index (χ1) is 5.29. The fourth-order valence-electron chi connectivity index (χ4n) is 0.785. The molecule has 0 amide bonds. The fourth-order valence-corrected chi connectivity index (χ4v) is 1.27. The second-order valence-corrected chi connectivity index (χ2v) is 2.58. The second-order valence-electron chi connectivity index (χ2n) is 2.02. The van der Waals surface area contributed by atoms with Crippen LogP contribution in [0.1, 0.15) is 0 Å². The van der Waals surface area contributed by atoms with E-state index in [-0.39, 0.29) is 6.79 Å². The van der Waals surface area contributed by atoms with Crippen LogP contribution in [-0.4, -0.2) is 12.1 Å². The van der Waals surface area contributed by atoms with Gasteiger partial charge in [0.25, 0.3) is 0 Å². The van der Waals surface area contributed by atoms with Gasteiger partial charge in [-0.15, -0.1) is 0 Å². The zero-order valence-electron chi connectivity index (χ0n) is 6.10. The van der Waals surface area contributed by atoms with Crippen LogP contribution in [0.2, 0.25) is 0 Å². The van der Waals surface area contributed by atoms with Gasteiger partial charge in [0, 0.05) is 10.9 Å². The van der Waals surface area contributed by atoms with Crippen LogP contribution in [0.5, 0.6) is 0 Å². The highest BCUT2D eigenvalue weighted by Gasteiger charge is 2.16. The van der Waals surface area contributed by atoms with Crippen molar-refractivity contribution in [2.45, 2.75) is 0 Å². The highest BCUT2D eigenvalue weighted by molar-refractivity contribution is 9.09. The van der Waals surface area contributed by atoms with Gasteiger partial charge in [-0.25, -0.2) is 0 Å². The summed E-state index contributed by atoms with van der Waals surface area (Å²) in [7, 11) is 0. The summed E-state index contributed by atoms with van der Waals surface area (Å²) in [5, 5.41) is 0.703. The monoisotopic (exact) mass is 216 g/mol. The number of hydrogen-bond acceptors (Lipinski definition) is 2. The van der Waals surface area contributed by atoms with Gasteiger partial charge in [-0.05, 0) is 0 Å². The number of hydrogen-bond donors (Lipinski definition) is 0. The summed E-state index contributed by atoms with van der Waals surface area (Å²) in [6.07, 6.45) is 1.73. The minimum Gasteiger partial charge on any atom is -0.454 e. The molecule has 0 aliphatic carbocycles. The molecule has 1 saturated heterocycles. The Morgan fingerprint density at radius 1 is 1.64 bits per heavy atom. The van der Waals surface area contributed by atoms with Gasteiger partial charge in [0.05, 0.1) is 0 Å². The Labute approximate surface area is 74.3 Å². The molecule has 0 N–H and O–H groups in total. The molecule has 1 aliphatic rings. The molecule has 11 heavy (non-hydrogen) atoms. The van der Waals surface area contributed by atoms with Crippen molar-refractivity contribution in [1.29, 1.82) is 0 Å². The zero-order valence-corrected chi connectivity index (χ0v) is 7.69. The van der Waals surface area contributed by atoms with Crippen molar-refractivity contribution in [3.63, 3.8) is 0 Å². The maximum absolute atomic E-state index is 5.17. The SMILES string of the molecule is C=C/C(CBr)=C1/OCOC1=C. The first kappa shape index (κ1) is 8.40. The number of rotatable bonds is 2. The largest absolute Gasteiger partial charge is 0.454 e. The molecule has 1 fully saturated rings. The van der Waals surface area contributed by atoms with Crippen molar-refractivity contribution in [3.8, 4) is 0 Å². The van der Waals surface area contributed by atoms with E-state index in [4.69, 9.17) is 9.47 Å². The molecule has 0 saturated carbocycles. The van der Waals surface area contributed by atoms with Crippen molar-refractivity contribution < 1.29 is 9.47 Å². The summed E-state index contributed by atoms with van der Waals surface area (Å²) in [6, 6.07) is 0. The van der Waals surface area contributed by atoms with Crippen LogP contribution in [0.3, 0.4) is 0 Å². The third-order valence-corrected chi connectivity index (χ3v) is 1.98. The summed E-state index contributed by atoms with van der Waals surface area (Å²) in [5.41, 5.74) is 0.965. The van der Waals surface area contributed by atoms with E-state index < -0.39 is 0 Å². The molecule has 0 atom stereocenters. The normalized spacial score (nSPS) is 20.6. The Hall–Kier alpha value is -0.700. The van der Waals surface area contributed by atoms with Crippen LogP contribution >= 0.6 is 15.9 Å². The zero-order chi connectivity index (χ0) is 8.27. The smallest absolute Gasteiger partial charge is 0.231 e. The van der Waals surface area contributed by atoms with E-state index in [0.29, 0.717) is 16.8 Å². The van der Waals surface area contributed by atoms with Gasteiger partial charge in [-0.1, -0.05) is 35.2 Å². The molecular formula is C8H9BrO2. The molecule has 2 nitrogen and oxygen atoms in total. The van der Waals surface area contributed by atoms with Crippen molar-refractivity contribution in [1.82, 2.24) is 0 Å². The van der Waals surface area contributed by atoms with Gasteiger partial charge in [0.15, 0.2) is 11.5 Å². The van der Waals surface area contributed by atoms with Crippen LogP contribution in [0.25, 0.3) is 0 Å². The summed E-state index contributed by atoms with van der Waals surface area (Å²) in [4.78, 5) is 0. The molecule has 1 aliphatic heterocycles. The third-order valence-electron chi connectivity index (χ3n) is 1.37. The molecule has 60 valence electrons. The van der Waals surface area contributed by atoms with Gasteiger partial charge >= 0.3 is 0 Å². The summed E-state index contributed by atoms with van der Waals surface area (Å²) < 4.78 is 10.2. The average molecular weight is 217 g/mol. The van der Waals surface area contributed by atoms with E-state index >= 15 is 0 Å². The van der Waals surface area contributed by atoms with Gasteiger partial charge in [0.2, 0.25) is 6.79 Å². The highest BCUT2D eigenvalue weighted by atomic mass is 79.9. The fraction of sp³-hybridized carbons (Fsp3) is 0.250. The topological polar surface area (TPSA) is 18.5 Å². The van der Waals surface area contributed by atoms with Crippen LogP contribution < -0.4 is 0 Å². The minimum atomic E-state index is 0.262. The molecule has 0 aromatic carbocycles. The van der Waals surface area contributed by atoms with Crippen molar-refractivity contribution >= 4 is 15.9 Å². The molecule has 1 heterocycles. The van der Waals surface area contributed by atoms with Crippen LogP contribution in [-0.2, 0) is 9.47 Å². The molecule has 3 heteroatoms. The van der Waals surface area contributed by atoms with E-state index in [2.05, 4.69) is 29.1 Å². The molecule has 0 unspecified atom stereocenters. The number of allylic oxidation sites excluding steroid dienone is 2. The van der Waals surface area contributed by atoms with Gasteiger partial charge in [-0.2, -0.15) is 0 Å². The first-order valence-electron chi connectivity index (χ1n) is 3.16. The first-order valence-corrected chi connectivity index (χ1v) is 4.28. The molecular weight excluding hydrogens is 208 g/mol. The van der Waals surface area contributed by atoms with E-state index in [1.807, 2.05) is 0 Å². The van der Waals surface area contributed by atoms with E-state index in [1.54, 1.807) is 6.08 Å². The minimum absolute atomic E-state index is 0.262. The number of halogens is 1. The number of ether oxygens (including phenoxy) is 2. The Bertz CT molecular complexity index is 218. The standard InChI is InChI=1S/C8H9BrO2/c1-3-7(4-9)8-6(2)10-5-11-8/h3H,1-2,4-5H2/b8-7-. The van der Waals surface area contributed by atoms with E-state index in [9.17, 15) is 0 Å². The maximum Gasteiger partial charge on any atom is 0.231 e. The molecule has 1 rings (SSSR count). The summed E-state index contributed by atoms with van der Waals surface area (Å²) in [5.74, 6) is 1.29. The van der Waals surface area contributed by atoms with Gasteiger partial charge in [-0.3, -0.25) is 0 Å². The van der Waals surface area contributed by atoms with Crippen molar-refractivity contribution in [2.75, 3.05) is 12.1 Å². The molecule has 0 spiro atoms. The third kappa shape index (κ3) is 1.66. The quantitative estimate of drug-likeness (QED) is 0.661. The predicted molar refractivity (Wildman–Crippen MR) is 47.2 cm³/mol.